The fourth-order valence-corrected chi connectivity index (χ4v) is 5.34. The number of benzene rings is 1. The Morgan fingerprint density at radius 2 is 1.71 bits per heavy atom. The van der Waals surface area contributed by atoms with Crippen molar-refractivity contribution in [3.05, 3.63) is 59.7 Å². The van der Waals surface area contributed by atoms with Crippen LogP contribution in [0.4, 0.5) is 5.82 Å². The van der Waals surface area contributed by atoms with E-state index in [1.54, 1.807) is 0 Å². The highest BCUT2D eigenvalue weighted by Gasteiger charge is 2.25. The molecule has 9 heteroatoms. The topological polar surface area (TPSA) is 86.7 Å². The third-order valence-electron chi connectivity index (χ3n) is 7.70. The molecule has 0 spiro atoms. The Bertz CT molecular complexity index is 1220. The number of aromatic nitrogens is 3. The zero-order valence-corrected chi connectivity index (χ0v) is 22.8. The van der Waals surface area contributed by atoms with Crippen molar-refractivity contribution in [2.75, 3.05) is 63.9 Å². The maximum Gasteiger partial charge on any atom is 0.252 e. The molecule has 1 amide bonds. The van der Waals surface area contributed by atoms with Crippen LogP contribution in [0.5, 0.6) is 0 Å². The second-order valence-electron chi connectivity index (χ2n) is 10.3. The number of nitrogens with zero attached hydrogens (tertiary/aromatic N) is 6. The van der Waals surface area contributed by atoms with Gasteiger partial charge in [-0.1, -0.05) is 13.0 Å². The van der Waals surface area contributed by atoms with E-state index in [-0.39, 0.29) is 11.9 Å². The zero-order chi connectivity index (χ0) is 26.5. The molecule has 0 saturated carbocycles. The highest BCUT2D eigenvalue weighted by molar-refractivity contribution is 6.06. The lowest BCUT2D eigenvalue weighted by molar-refractivity contribution is 0.0161. The normalized spacial score (nSPS) is 18.2. The lowest BCUT2D eigenvalue weighted by atomic mass is 10.1. The molecule has 2 saturated heterocycles. The van der Waals surface area contributed by atoms with Gasteiger partial charge in [0.15, 0.2) is 0 Å². The van der Waals surface area contributed by atoms with Crippen molar-refractivity contribution >= 4 is 22.6 Å². The summed E-state index contributed by atoms with van der Waals surface area (Å²) in [5.74, 6) is 1.70. The summed E-state index contributed by atoms with van der Waals surface area (Å²) < 4.78 is 5.56. The van der Waals surface area contributed by atoms with Gasteiger partial charge in [0, 0.05) is 87.2 Å². The third kappa shape index (κ3) is 5.95. The molecule has 2 aliphatic heterocycles. The fourth-order valence-electron chi connectivity index (χ4n) is 5.34. The first-order valence-electron chi connectivity index (χ1n) is 13.8. The SMILES string of the molecule is CCc1ncc(C(CNC(=O)c2cccc3nc(N4CCN(C(C)C)CC4)ccc23)N2CCOCC2)cn1. The number of anilines is 1. The Morgan fingerprint density at radius 3 is 2.39 bits per heavy atom. The predicted octanol–water partition coefficient (Wildman–Crippen LogP) is 2.92. The Kier molecular flexibility index (Phi) is 8.46. The second-order valence-corrected chi connectivity index (χ2v) is 10.3. The molecule has 2 aromatic heterocycles. The van der Waals surface area contributed by atoms with Crippen LogP contribution in [0.1, 0.15) is 48.6 Å². The van der Waals surface area contributed by atoms with E-state index < -0.39 is 0 Å². The van der Waals surface area contributed by atoms with Crippen molar-refractivity contribution in [2.24, 2.45) is 0 Å². The van der Waals surface area contributed by atoms with Crippen LogP contribution < -0.4 is 10.2 Å². The molecule has 0 radical (unpaired) electrons. The van der Waals surface area contributed by atoms with Gasteiger partial charge in [-0.3, -0.25) is 14.6 Å². The maximum absolute atomic E-state index is 13.4. The van der Waals surface area contributed by atoms with Crippen molar-refractivity contribution in [2.45, 2.75) is 39.3 Å². The van der Waals surface area contributed by atoms with Crippen molar-refractivity contribution in [1.82, 2.24) is 30.1 Å². The molecule has 5 rings (SSSR count). The van der Waals surface area contributed by atoms with Gasteiger partial charge in [-0.2, -0.15) is 0 Å². The molecular weight excluding hydrogens is 478 g/mol. The van der Waals surface area contributed by atoms with Crippen LogP contribution in [0.25, 0.3) is 10.9 Å². The molecule has 0 bridgehead atoms. The van der Waals surface area contributed by atoms with Gasteiger partial charge in [0.25, 0.3) is 5.91 Å². The van der Waals surface area contributed by atoms with Crippen LogP contribution in [-0.4, -0.2) is 95.7 Å². The van der Waals surface area contributed by atoms with Gasteiger partial charge in [-0.05, 0) is 38.1 Å². The lowest BCUT2D eigenvalue weighted by Crippen LogP contribution is -2.49. The summed E-state index contributed by atoms with van der Waals surface area (Å²) >= 11 is 0. The van der Waals surface area contributed by atoms with Crippen molar-refractivity contribution in [1.29, 1.82) is 0 Å². The molecule has 1 atom stereocenters. The van der Waals surface area contributed by atoms with Crippen molar-refractivity contribution < 1.29 is 9.53 Å². The quantitative estimate of drug-likeness (QED) is 0.488. The van der Waals surface area contributed by atoms with E-state index in [1.807, 2.05) is 49.6 Å². The summed E-state index contributed by atoms with van der Waals surface area (Å²) in [6.07, 6.45) is 4.58. The van der Waals surface area contributed by atoms with E-state index in [9.17, 15) is 4.79 Å². The van der Waals surface area contributed by atoms with Gasteiger partial charge in [-0.25, -0.2) is 15.0 Å². The van der Waals surface area contributed by atoms with Crippen LogP contribution >= 0.6 is 0 Å². The minimum absolute atomic E-state index is 0.0158. The lowest BCUT2D eigenvalue weighted by Gasteiger charge is -2.37. The highest BCUT2D eigenvalue weighted by Crippen LogP contribution is 2.24. The molecule has 0 aliphatic carbocycles. The second kappa shape index (κ2) is 12.1. The van der Waals surface area contributed by atoms with E-state index in [0.29, 0.717) is 31.4 Å². The van der Waals surface area contributed by atoms with Crippen molar-refractivity contribution in [3.63, 3.8) is 0 Å². The van der Waals surface area contributed by atoms with Gasteiger partial charge in [0.05, 0.1) is 24.8 Å². The van der Waals surface area contributed by atoms with Crippen LogP contribution in [0.2, 0.25) is 0 Å². The third-order valence-corrected chi connectivity index (χ3v) is 7.70. The predicted molar refractivity (Wildman–Crippen MR) is 150 cm³/mol. The Hall–Kier alpha value is -3.14. The van der Waals surface area contributed by atoms with Crippen LogP contribution in [0.15, 0.2) is 42.7 Å². The number of fused-ring (bicyclic) bond motifs is 1. The maximum atomic E-state index is 13.4. The number of pyridine rings is 1. The highest BCUT2D eigenvalue weighted by atomic mass is 16.5. The summed E-state index contributed by atoms with van der Waals surface area (Å²) in [5.41, 5.74) is 2.49. The number of amides is 1. The monoisotopic (exact) mass is 517 g/mol. The Balaban J connectivity index is 1.31. The molecule has 4 heterocycles. The van der Waals surface area contributed by atoms with Gasteiger partial charge in [0.2, 0.25) is 0 Å². The summed E-state index contributed by atoms with van der Waals surface area (Å²) in [6.45, 7) is 14.0. The minimum atomic E-state index is -0.0972. The first-order chi connectivity index (χ1) is 18.5. The molecule has 2 fully saturated rings. The van der Waals surface area contributed by atoms with Crippen LogP contribution in [0, 0.1) is 0 Å². The number of ether oxygens (including phenoxy) is 1. The van der Waals surface area contributed by atoms with Gasteiger partial charge < -0.3 is 15.0 Å². The number of hydrogen-bond acceptors (Lipinski definition) is 8. The number of morpholine rings is 1. The average molecular weight is 518 g/mol. The van der Waals surface area contributed by atoms with Gasteiger partial charge >= 0.3 is 0 Å². The number of carbonyl (C=O) groups excluding carboxylic acids is 1. The van der Waals surface area contributed by atoms with Crippen LogP contribution in [-0.2, 0) is 11.2 Å². The first-order valence-corrected chi connectivity index (χ1v) is 13.8. The van der Waals surface area contributed by atoms with Crippen LogP contribution in [0.3, 0.4) is 0 Å². The number of hydrogen-bond donors (Lipinski definition) is 1. The number of rotatable bonds is 8. The molecule has 1 unspecified atom stereocenters. The van der Waals surface area contributed by atoms with E-state index >= 15 is 0 Å². The van der Waals surface area contributed by atoms with Gasteiger partial charge in [0.1, 0.15) is 11.6 Å². The summed E-state index contributed by atoms with van der Waals surface area (Å²) in [7, 11) is 0. The Morgan fingerprint density at radius 1 is 0.974 bits per heavy atom. The average Bonchev–Trinajstić information content (AvgIpc) is 2.97. The molecule has 1 aromatic carbocycles. The first kappa shape index (κ1) is 26.5. The summed E-state index contributed by atoms with van der Waals surface area (Å²) in [4.78, 5) is 34.5. The molecule has 3 aromatic rings. The van der Waals surface area contributed by atoms with Crippen molar-refractivity contribution in [3.8, 4) is 0 Å². The summed E-state index contributed by atoms with van der Waals surface area (Å²) in [5, 5.41) is 4.06. The smallest absolute Gasteiger partial charge is 0.252 e. The minimum Gasteiger partial charge on any atom is -0.379 e. The number of piperazine rings is 1. The molecule has 9 nitrogen and oxygen atoms in total. The molecule has 38 heavy (non-hydrogen) atoms. The van der Waals surface area contributed by atoms with E-state index in [4.69, 9.17) is 9.72 Å². The largest absolute Gasteiger partial charge is 0.379 e. The van der Waals surface area contributed by atoms with E-state index in [1.165, 1.54) is 0 Å². The molecule has 1 N–H and O–H groups in total. The molecular formula is C29H39N7O2. The van der Waals surface area contributed by atoms with E-state index in [2.05, 4.69) is 43.8 Å². The van der Waals surface area contributed by atoms with Gasteiger partial charge in [-0.15, -0.1) is 0 Å². The standard InChI is InChI=1S/C29H39N7O2/c1-4-27-30-18-22(19-31-27)26(35-14-16-38-17-15-35)20-32-29(37)24-6-5-7-25-23(24)8-9-28(33-25)36-12-10-34(11-13-36)21(2)3/h5-9,18-19,21,26H,4,10-17,20H2,1-3H3,(H,32,37). The number of nitrogens with one attached hydrogen (secondary N) is 1. The van der Waals surface area contributed by atoms with E-state index in [0.717, 1.165) is 73.8 Å². The zero-order valence-electron chi connectivity index (χ0n) is 22.8. The molecule has 202 valence electrons. The number of aryl methyl sites for hydroxylation is 1. The fraction of sp³-hybridized carbons (Fsp3) is 0.517. The summed E-state index contributed by atoms with van der Waals surface area (Å²) in [6, 6.07) is 10.4. The molecule has 2 aliphatic rings. The number of carbonyl (C=O) groups is 1. The Labute approximate surface area is 225 Å².